The predicted octanol–water partition coefficient (Wildman–Crippen LogP) is 3.24. The topological polar surface area (TPSA) is 109 Å². The summed E-state index contributed by atoms with van der Waals surface area (Å²) < 4.78 is 49.0. The van der Waals surface area contributed by atoms with E-state index in [9.17, 15) is 0 Å². The lowest BCUT2D eigenvalue weighted by atomic mass is 10.1. The van der Waals surface area contributed by atoms with Crippen LogP contribution in [0.15, 0.2) is 0 Å². The number of ether oxygens (including phenoxy) is 9. The lowest BCUT2D eigenvalue weighted by Crippen LogP contribution is -2.15. The van der Waals surface area contributed by atoms with Gasteiger partial charge in [-0.05, 0) is 6.42 Å². The molecule has 0 aromatic rings. The van der Waals surface area contributed by atoms with Crippen molar-refractivity contribution in [3.05, 3.63) is 0 Å². The van der Waals surface area contributed by atoms with Gasteiger partial charge in [0.2, 0.25) is 0 Å². The molecule has 0 aromatic heterocycles. The molecule has 10 nitrogen and oxygen atoms in total. The van der Waals surface area contributed by atoms with Gasteiger partial charge in [0.05, 0.1) is 112 Å². The van der Waals surface area contributed by atoms with Gasteiger partial charge in [-0.1, -0.05) is 51.9 Å². The van der Waals surface area contributed by atoms with E-state index in [0.29, 0.717) is 119 Å². The van der Waals surface area contributed by atoms with Gasteiger partial charge in [-0.3, -0.25) is 0 Å². The van der Waals surface area contributed by atoms with Gasteiger partial charge in [0, 0.05) is 13.2 Å². The second-order valence-electron chi connectivity index (χ2n) is 8.77. The van der Waals surface area contributed by atoms with Crippen molar-refractivity contribution < 1.29 is 42.6 Å². The zero-order valence-electron chi connectivity index (χ0n) is 24.3. The van der Waals surface area contributed by atoms with Crippen LogP contribution in [0.3, 0.4) is 0 Å². The third-order valence-corrected chi connectivity index (χ3v) is 5.38. The van der Waals surface area contributed by atoms with Crippen LogP contribution in [0.1, 0.15) is 58.3 Å². The van der Waals surface area contributed by atoms with Crippen molar-refractivity contribution in [2.24, 2.45) is 5.73 Å². The Balaban J connectivity index is 3.01. The summed E-state index contributed by atoms with van der Waals surface area (Å²) in [6.07, 6.45) is 10.6. The van der Waals surface area contributed by atoms with E-state index in [-0.39, 0.29) is 0 Å². The standard InChI is InChI=1S/C28H59NO9/c1-2-3-4-5-6-7-8-9-11-30-13-15-32-17-19-34-21-23-36-25-27-38-28-26-37-24-22-35-20-18-33-16-14-31-12-10-29/h2-29H2,1H3. The molecule has 0 amide bonds. The molecule has 0 atom stereocenters. The maximum atomic E-state index is 5.61. The van der Waals surface area contributed by atoms with Crippen molar-refractivity contribution in [1.29, 1.82) is 0 Å². The van der Waals surface area contributed by atoms with Crippen molar-refractivity contribution in [3.8, 4) is 0 Å². The molecule has 0 heterocycles. The summed E-state index contributed by atoms with van der Waals surface area (Å²) in [5.74, 6) is 0. The van der Waals surface area contributed by atoms with Crippen LogP contribution in [0.4, 0.5) is 0 Å². The molecular weight excluding hydrogens is 494 g/mol. The van der Waals surface area contributed by atoms with Crippen molar-refractivity contribution in [3.63, 3.8) is 0 Å². The van der Waals surface area contributed by atoms with E-state index in [0.717, 1.165) is 13.0 Å². The van der Waals surface area contributed by atoms with E-state index in [1.807, 2.05) is 0 Å². The Morgan fingerprint density at radius 1 is 0.289 bits per heavy atom. The number of nitrogens with two attached hydrogens (primary N) is 1. The molecule has 0 aromatic carbocycles. The van der Waals surface area contributed by atoms with Crippen LogP contribution in [-0.2, 0) is 42.6 Å². The van der Waals surface area contributed by atoms with E-state index in [1.165, 1.54) is 44.9 Å². The molecule has 38 heavy (non-hydrogen) atoms. The van der Waals surface area contributed by atoms with Gasteiger partial charge >= 0.3 is 0 Å². The quantitative estimate of drug-likeness (QED) is 0.118. The summed E-state index contributed by atoms with van der Waals surface area (Å²) in [5.41, 5.74) is 5.33. The smallest absolute Gasteiger partial charge is 0.0701 e. The molecule has 10 heteroatoms. The van der Waals surface area contributed by atoms with E-state index in [1.54, 1.807) is 0 Å². The first-order valence-corrected chi connectivity index (χ1v) is 14.8. The largest absolute Gasteiger partial charge is 0.379 e. The van der Waals surface area contributed by atoms with Crippen molar-refractivity contribution in [2.75, 3.05) is 125 Å². The van der Waals surface area contributed by atoms with Gasteiger partial charge in [0.1, 0.15) is 0 Å². The highest BCUT2D eigenvalue weighted by Crippen LogP contribution is 2.08. The monoisotopic (exact) mass is 553 g/mol. The highest BCUT2D eigenvalue weighted by atomic mass is 16.6. The highest BCUT2D eigenvalue weighted by Gasteiger charge is 1.96. The van der Waals surface area contributed by atoms with E-state index in [4.69, 9.17) is 48.4 Å². The molecule has 0 bridgehead atoms. The van der Waals surface area contributed by atoms with Gasteiger partial charge in [-0.25, -0.2) is 0 Å². The number of unbranched alkanes of at least 4 members (excludes halogenated alkanes) is 7. The zero-order chi connectivity index (χ0) is 27.5. The SMILES string of the molecule is CCCCCCCCCCOCCOCCOCCOCCOCCOCCOCCOCCOCCN. The Morgan fingerprint density at radius 2 is 0.526 bits per heavy atom. The molecule has 0 unspecified atom stereocenters. The summed E-state index contributed by atoms with van der Waals surface area (Å²) in [6.45, 7) is 13.1. The average Bonchev–Trinajstić information content (AvgIpc) is 2.93. The number of rotatable bonds is 35. The Labute approximate surface area is 232 Å². The maximum Gasteiger partial charge on any atom is 0.0701 e. The second-order valence-corrected chi connectivity index (χ2v) is 8.77. The van der Waals surface area contributed by atoms with Crippen LogP contribution >= 0.6 is 0 Å². The van der Waals surface area contributed by atoms with Crippen LogP contribution < -0.4 is 5.73 Å². The number of hydrogen-bond acceptors (Lipinski definition) is 10. The maximum absolute atomic E-state index is 5.61. The van der Waals surface area contributed by atoms with Gasteiger partial charge in [0.15, 0.2) is 0 Å². The average molecular weight is 554 g/mol. The van der Waals surface area contributed by atoms with Gasteiger partial charge < -0.3 is 48.4 Å². The molecule has 0 aliphatic rings. The molecule has 0 rings (SSSR count). The normalized spacial score (nSPS) is 11.5. The molecule has 0 aliphatic heterocycles. The third-order valence-electron chi connectivity index (χ3n) is 5.38. The molecular formula is C28H59NO9. The summed E-state index contributed by atoms with van der Waals surface area (Å²) >= 11 is 0. The van der Waals surface area contributed by atoms with E-state index >= 15 is 0 Å². The minimum absolute atomic E-state index is 0.532. The first kappa shape index (κ1) is 37.6. The van der Waals surface area contributed by atoms with Crippen molar-refractivity contribution in [1.82, 2.24) is 0 Å². The van der Waals surface area contributed by atoms with Crippen LogP contribution in [0.25, 0.3) is 0 Å². The molecule has 0 fully saturated rings. The second kappa shape index (κ2) is 36.6. The van der Waals surface area contributed by atoms with Gasteiger partial charge in [-0.2, -0.15) is 0 Å². The molecule has 2 N–H and O–H groups in total. The lowest BCUT2D eigenvalue weighted by Gasteiger charge is -2.09. The van der Waals surface area contributed by atoms with Crippen LogP contribution in [0.2, 0.25) is 0 Å². The highest BCUT2D eigenvalue weighted by molar-refractivity contribution is 4.46. The van der Waals surface area contributed by atoms with Crippen LogP contribution in [0.5, 0.6) is 0 Å². The summed E-state index contributed by atoms with van der Waals surface area (Å²) in [5, 5.41) is 0. The van der Waals surface area contributed by atoms with Gasteiger partial charge in [0.25, 0.3) is 0 Å². The Morgan fingerprint density at radius 3 is 0.816 bits per heavy atom. The Kier molecular flexibility index (Phi) is 36.2. The number of hydrogen-bond donors (Lipinski definition) is 1. The Bertz CT molecular complexity index is 373. The fourth-order valence-corrected chi connectivity index (χ4v) is 3.28. The van der Waals surface area contributed by atoms with Crippen LogP contribution in [-0.4, -0.2) is 125 Å². The van der Waals surface area contributed by atoms with Crippen molar-refractivity contribution >= 4 is 0 Å². The van der Waals surface area contributed by atoms with Crippen molar-refractivity contribution in [2.45, 2.75) is 58.3 Å². The Hall–Kier alpha value is -0.400. The molecule has 0 aliphatic carbocycles. The molecule has 230 valence electrons. The molecule has 0 spiro atoms. The minimum Gasteiger partial charge on any atom is -0.379 e. The van der Waals surface area contributed by atoms with Gasteiger partial charge in [-0.15, -0.1) is 0 Å². The van der Waals surface area contributed by atoms with E-state index < -0.39 is 0 Å². The predicted molar refractivity (Wildman–Crippen MR) is 149 cm³/mol. The minimum atomic E-state index is 0.532. The zero-order valence-corrected chi connectivity index (χ0v) is 24.3. The lowest BCUT2D eigenvalue weighted by molar-refractivity contribution is -0.0249. The fourth-order valence-electron chi connectivity index (χ4n) is 3.28. The fraction of sp³-hybridized carbons (Fsp3) is 1.00. The van der Waals surface area contributed by atoms with Crippen LogP contribution in [0, 0.1) is 0 Å². The van der Waals surface area contributed by atoms with E-state index in [2.05, 4.69) is 6.92 Å². The summed E-state index contributed by atoms with van der Waals surface area (Å²) in [4.78, 5) is 0. The first-order valence-electron chi connectivity index (χ1n) is 14.8. The molecule has 0 saturated heterocycles. The molecule has 0 radical (unpaired) electrons. The summed E-state index contributed by atoms with van der Waals surface area (Å²) in [6, 6.07) is 0. The molecule has 0 saturated carbocycles. The first-order chi connectivity index (χ1) is 18.9. The third kappa shape index (κ3) is 35.6. The summed E-state index contributed by atoms with van der Waals surface area (Å²) in [7, 11) is 0.